The van der Waals surface area contributed by atoms with E-state index in [1.54, 1.807) is 0 Å². The summed E-state index contributed by atoms with van der Waals surface area (Å²) in [4.78, 5) is 24.5. The number of ether oxygens (including phenoxy) is 1. The quantitative estimate of drug-likeness (QED) is 0.264. The van der Waals surface area contributed by atoms with E-state index < -0.39 is 23.6 Å². The number of carboxylic acids is 1. The number of amides is 1. The number of anilines is 1. The van der Waals surface area contributed by atoms with Crippen molar-refractivity contribution in [2.45, 2.75) is 57.0 Å². The Bertz CT molecular complexity index is 1520. The van der Waals surface area contributed by atoms with E-state index in [9.17, 15) is 14.7 Å². The summed E-state index contributed by atoms with van der Waals surface area (Å²) in [5.41, 5.74) is 7.11. The average molecular weight is 523 g/mol. The molecule has 6 rings (SSSR count). The van der Waals surface area contributed by atoms with Crippen LogP contribution in [0.4, 0.5) is 10.5 Å². The third-order valence-electron chi connectivity index (χ3n) is 8.05. The lowest BCUT2D eigenvalue weighted by atomic mass is 9.82. The maximum atomic E-state index is 12.7. The van der Waals surface area contributed by atoms with Crippen molar-refractivity contribution in [2.24, 2.45) is 0 Å². The fourth-order valence-corrected chi connectivity index (χ4v) is 5.69. The number of hydrogen-bond acceptors (Lipinski definition) is 5. The molecule has 1 amide bonds. The van der Waals surface area contributed by atoms with Gasteiger partial charge in [-0.2, -0.15) is 0 Å². The van der Waals surface area contributed by atoms with Crippen LogP contribution in [0.5, 0.6) is 0 Å². The van der Waals surface area contributed by atoms with E-state index in [0.29, 0.717) is 24.3 Å². The zero-order chi connectivity index (χ0) is 27.0. The number of aliphatic carboxylic acids is 1. The molecule has 198 valence electrons. The minimum absolute atomic E-state index is 0.404. The number of carbonyl (C=O) groups is 2. The molecule has 1 heterocycles. The first-order chi connectivity index (χ1) is 19.0. The molecule has 7 heteroatoms. The molecule has 39 heavy (non-hydrogen) atoms. The van der Waals surface area contributed by atoms with E-state index in [-0.39, 0.29) is 0 Å². The molecule has 0 spiro atoms. The van der Waals surface area contributed by atoms with Gasteiger partial charge in [0.2, 0.25) is 0 Å². The maximum absolute atomic E-state index is 12.7. The fourth-order valence-electron chi connectivity index (χ4n) is 5.69. The largest absolute Gasteiger partial charge is 0.481 e. The van der Waals surface area contributed by atoms with Gasteiger partial charge in [-0.25, -0.2) is 4.79 Å². The van der Waals surface area contributed by atoms with E-state index in [2.05, 4.69) is 16.5 Å². The van der Waals surface area contributed by atoms with Gasteiger partial charge in [-0.1, -0.05) is 71.9 Å². The first-order valence-corrected chi connectivity index (χ1v) is 13.4. The number of carboxylic acid groups (broad SMARTS) is 1. The van der Waals surface area contributed by atoms with Crippen LogP contribution in [0.25, 0.3) is 22.5 Å². The van der Waals surface area contributed by atoms with Crippen molar-refractivity contribution >= 4 is 17.7 Å². The van der Waals surface area contributed by atoms with Crippen LogP contribution in [0.1, 0.15) is 61.0 Å². The van der Waals surface area contributed by atoms with Crippen molar-refractivity contribution < 1.29 is 24.0 Å². The molecular weight excluding hydrogens is 492 g/mol. The Morgan fingerprint density at radius 1 is 0.949 bits per heavy atom. The molecule has 2 N–H and O–H groups in total. The highest BCUT2D eigenvalue weighted by molar-refractivity contribution is 5.91. The van der Waals surface area contributed by atoms with E-state index in [1.165, 1.54) is 17.3 Å². The third kappa shape index (κ3) is 4.69. The number of rotatable bonds is 7. The van der Waals surface area contributed by atoms with Crippen molar-refractivity contribution in [3.05, 3.63) is 95.2 Å². The molecule has 2 aliphatic rings. The van der Waals surface area contributed by atoms with Gasteiger partial charge < -0.3 is 14.4 Å². The van der Waals surface area contributed by atoms with Crippen LogP contribution in [0.15, 0.2) is 77.4 Å². The van der Waals surface area contributed by atoms with E-state index >= 15 is 0 Å². The second-order valence-corrected chi connectivity index (χ2v) is 10.4. The molecule has 2 aliphatic carbocycles. The SMILES string of the molecule is CC(OC(=O)Nc1cnoc1-c1ccc(-c2ccc(C3(C(=O)O)CC3)cc2)c2c1CCCC2)c1ccccc1. The van der Waals surface area contributed by atoms with Crippen LogP contribution < -0.4 is 5.32 Å². The first-order valence-electron chi connectivity index (χ1n) is 13.4. The van der Waals surface area contributed by atoms with Crippen molar-refractivity contribution in [3.63, 3.8) is 0 Å². The molecule has 1 atom stereocenters. The highest BCUT2D eigenvalue weighted by Gasteiger charge is 2.51. The summed E-state index contributed by atoms with van der Waals surface area (Å²) in [7, 11) is 0. The maximum Gasteiger partial charge on any atom is 0.412 e. The summed E-state index contributed by atoms with van der Waals surface area (Å²) >= 11 is 0. The van der Waals surface area contributed by atoms with Gasteiger partial charge in [0.1, 0.15) is 11.8 Å². The number of nitrogens with one attached hydrogen (secondary N) is 1. The highest BCUT2D eigenvalue weighted by Crippen LogP contribution is 2.49. The molecule has 0 bridgehead atoms. The molecule has 7 nitrogen and oxygen atoms in total. The zero-order valence-corrected chi connectivity index (χ0v) is 21.8. The minimum Gasteiger partial charge on any atom is -0.481 e. The topological polar surface area (TPSA) is 102 Å². The normalized spacial score (nSPS) is 16.1. The molecule has 0 aliphatic heterocycles. The zero-order valence-electron chi connectivity index (χ0n) is 21.8. The molecular formula is C32H30N2O5. The van der Waals surface area contributed by atoms with Gasteiger partial charge in [0.15, 0.2) is 5.76 Å². The second-order valence-electron chi connectivity index (χ2n) is 10.4. The fraction of sp³-hybridized carbons (Fsp3) is 0.281. The first kappa shape index (κ1) is 24.9. The smallest absolute Gasteiger partial charge is 0.412 e. The van der Waals surface area contributed by atoms with Crippen LogP contribution in [0.2, 0.25) is 0 Å². The van der Waals surface area contributed by atoms with E-state index in [1.807, 2.05) is 67.6 Å². The summed E-state index contributed by atoms with van der Waals surface area (Å²) in [6, 6.07) is 21.7. The Morgan fingerprint density at radius 3 is 2.28 bits per heavy atom. The number of hydrogen-bond donors (Lipinski definition) is 2. The van der Waals surface area contributed by atoms with Gasteiger partial charge in [0, 0.05) is 5.56 Å². The number of carbonyl (C=O) groups excluding carboxylic acids is 1. The molecule has 4 aromatic rings. The summed E-state index contributed by atoms with van der Waals surface area (Å²) in [5.74, 6) is -0.233. The summed E-state index contributed by atoms with van der Waals surface area (Å²) < 4.78 is 11.2. The predicted octanol–water partition coefficient (Wildman–Crippen LogP) is 7.31. The Morgan fingerprint density at radius 2 is 1.62 bits per heavy atom. The van der Waals surface area contributed by atoms with Gasteiger partial charge in [0.05, 0.1) is 11.6 Å². The third-order valence-corrected chi connectivity index (χ3v) is 8.05. The van der Waals surface area contributed by atoms with Crippen molar-refractivity contribution in [3.8, 4) is 22.5 Å². The van der Waals surface area contributed by atoms with Crippen LogP contribution in [0, 0.1) is 0 Å². The van der Waals surface area contributed by atoms with Gasteiger partial charge >= 0.3 is 12.1 Å². The molecule has 1 fully saturated rings. The summed E-state index contributed by atoms with van der Waals surface area (Å²) in [5, 5.41) is 16.4. The van der Waals surface area contributed by atoms with E-state index in [0.717, 1.165) is 53.5 Å². The molecule has 1 saturated carbocycles. The van der Waals surface area contributed by atoms with Gasteiger partial charge in [-0.3, -0.25) is 10.1 Å². The second kappa shape index (κ2) is 10.1. The molecule has 1 aromatic heterocycles. The molecule has 3 aromatic carbocycles. The number of benzene rings is 3. The molecule has 1 unspecified atom stereocenters. The van der Waals surface area contributed by atoms with Crippen molar-refractivity contribution in [1.29, 1.82) is 0 Å². The monoisotopic (exact) mass is 522 g/mol. The lowest BCUT2D eigenvalue weighted by Crippen LogP contribution is -2.19. The van der Waals surface area contributed by atoms with Crippen LogP contribution >= 0.6 is 0 Å². The van der Waals surface area contributed by atoms with Crippen LogP contribution in [-0.4, -0.2) is 22.3 Å². The van der Waals surface area contributed by atoms with Crippen molar-refractivity contribution in [2.75, 3.05) is 5.32 Å². The predicted molar refractivity (Wildman–Crippen MR) is 148 cm³/mol. The summed E-state index contributed by atoms with van der Waals surface area (Å²) in [6.45, 7) is 1.83. The number of fused-ring (bicyclic) bond motifs is 1. The van der Waals surface area contributed by atoms with Crippen molar-refractivity contribution in [1.82, 2.24) is 5.16 Å². The molecule has 0 radical (unpaired) electrons. The Kier molecular flexibility index (Phi) is 6.43. The Hall–Kier alpha value is -4.39. The summed E-state index contributed by atoms with van der Waals surface area (Å²) in [6.07, 6.45) is 5.90. The van der Waals surface area contributed by atoms with Gasteiger partial charge in [-0.05, 0) is 78.8 Å². The van der Waals surface area contributed by atoms with Gasteiger partial charge in [0.25, 0.3) is 0 Å². The Labute approximate surface area is 226 Å². The standard InChI is InChI=1S/C32H30N2O5/c1-20(21-7-3-2-4-8-21)38-31(37)34-28-19-33-39-29(28)27-16-15-24(25-9-5-6-10-26(25)27)22-11-13-23(14-12-22)32(17-18-32)30(35)36/h2-4,7-8,11-16,19-20H,5-6,9-10,17-18H2,1H3,(H,34,37)(H,35,36). The van der Waals surface area contributed by atoms with E-state index in [4.69, 9.17) is 9.26 Å². The molecule has 0 saturated heterocycles. The lowest BCUT2D eigenvalue weighted by molar-refractivity contribution is -0.140. The van der Waals surface area contributed by atoms with Crippen LogP contribution in [-0.2, 0) is 27.8 Å². The lowest BCUT2D eigenvalue weighted by Gasteiger charge is -2.23. The number of nitrogens with zero attached hydrogens (tertiary/aromatic N) is 1. The highest BCUT2D eigenvalue weighted by atomic mass is 16.6. The number of aromatic nitrogens is 1. The minimum atomic E-state index is -0.744. The Balaban J connectivity index is 1.27. The average Bonchev–Trinajstić information content (AvgIpc) is 3.66. The van der Waals surface area contributed by atoms with Crippen LogP contribution in [0.3, 0.4) is 0 Å². The van der Waals surface area contributed by atoms with Gasteiger partial charge in [-0.15, -0.1) is 0 Å².